The Morgan fingerprint density at radius 3 is 1.90 bits per heavy atom. The second kappa shape index (κ2) is 10.9. The Balaban J connectivity index is 1.62. The van der Waals surface area contributed by atoms with Gasteiger partial charge in [-0.3, -0.25) is 9.59 Å². The first-order chi connectivity index (χ1) is 15.1. The summed E-state index contributed by atoms with van der Waals surface area (Å²) in [6, 6.07) is 21.4. The molecule has 6 nitrogen and oxygen atoms in total. The van der Waals surface area contributed by atoms with Gasteiger partial charge in [0.25, 0.3) is 11.8 Å². The number of benzene rings is 3. The minimum atomic E-state index is -0.274. The maximum Gasteiger partial charge on any atom is 0.259 e. The van der Waals surface area contributed by atoms with Gasteiger partial charge in [-0.05, 0) is 61.9 Å². The van der Waals surface area contributed by atoms with Crippen LogP contribution in [0.1, 0.15) is 33.2 Å². The van der Waals surface area contributed by atoms with Crippen LogP contribution in [0.15, 0.2) is 72.8 Å². The number of anilines is 2. The molecule has 0 saturated heterocycles. The minimum absolute atomic E-state index is 0.173. The molecule has 0 heterocycles. The summed E-state index contributed by atoms with van der Waals surface area (Å²) in [4.78, 5) is 25.2. The quantitative estimate of drug-likeness (QED) is 0.484. The molecule has 0 aliphatic carbocycles. The first kappa shape index (κ1) is 22.1. The van der Waals surface area contributed by atoms with E-state index in [-0.39, 0.29) is 11.8 Å². The molecule has 2 amide bonds. The van der Waals surface area contributed by atoms with Crippen molar-refractivity contribution in [1.82, 2.24) is 0 Å². The number of aryl methyl sites for hydroxylation is 1. The lowest BCUT2D eigenvalue weighted by molar-refractivity contribution is 0.0996. The molecule has 0 bridgehead atoms. The van der Waals surface area contributed by atoms with Crippen molar-refractivity contribution in [2.45, 2.75) is 13.8 Å². The van der Waals surface area contributed by atoms with E-state index in [0.717, 1.165) is 5.56 Å². The fourth-order valence-corrected chi connectivity index (χ4v) is 3.00. The molecule has 0 atom stereocenters. The van der Waals surface area contributed by atoms with Crippen molar-refractivity contribution in [3.05, 3.63) is 89.5 Å². The van der Waals surface area contributed by atoms with Gasteiger partial charge in [0.05, 0.1) is 12.2 Å². The summed E-state index contributed by atoms with van der Waals surface area (Å²) in [5, 5.41) is 5.73. The molecular formula is C25H26N2O4. The van der Waals surface area contributed by atoms with Gasteiger partial charge < -0.3 is 20.1 Å². The van der Waals surface area contributed by atoms with Crippen LogP contribution in [-0.4, -0.2) is 31.6 Å². The molecule has 3 aromatic rings. The van der Waals surface area contributed by atoms with Gasteiger partial charge >= 0.3 is 0 Å². The van der Waals surface area contributed by atoms with E-state index in [1.807, 2.05) is 38.1 Å². The Kier molecular flexibility index (Phi) is 7.79. The molecule has 0 saturated carbocycles. The maximum atomic E-state index is 12.7. The molecule has 0 unspecified atom stereocenters. The van der Waals surface area contributed by atoms with Gasteiger partial charge in [-0.25, -0.2) is 0 Å². The van der Waals surface area contributed by atoms with Crippen molar-refractivity contribution in [3.8, 4) is 5.75 Å². The molecule has 2 N–H and O–H groups in total. The highest BCUT2D eigenvalue weighted by Crippen LogP contribution is 2.21. The Bertz CT molecular complexity index is 1030. The third-order valence-electron chi connectivity index (χ3n) is 4.61. The van der Waals surface area contributed by atoms with E-state index in [4.69, 9.17) is 9.47 Å². The second-order valence-electron chi connectivity index (χ2n) is 6.84. The predicted octanol–water partition coefficient (Wildman–Crippen LogP) is 4.91. The van der Waals surface area contributed by atoms with Crippen LogP contribution in [0.5, 0.6) is 5.75 Å². The Morgan fingerprint density at radius 2 is 1.29 bits per heavy atom. The minimum Gasteiger partial charge on any atom is -0.490 e. The second-order valence-corrected chi connectivity index (χ2v) is 6.84. The number of amides is 2. The van der Waals surface area contributed by atoms with Crippen molar-refractivity contribution < 1.29 is 19.1 Å². The Hall–Kier alpha value is -3.64. The number of carbonyl (C=O) groups is 2. The number of rotatable bonds is 9. The predicted molar refractivity (Wildman–Crippen MR) is 122 cm³/mol. The highest BCUT2D eigenvalue weighted by atomic mass is 16.5. The molecule has 0 aliphatic rings. The SMILES string of the molecule is CCOCCOc1ccccc1C(=O)Nc1ccc(NC(=O)c2ccccc2C)cc1. The lowest BCUT2D eigenvalue weighted by atomic mass is 10.1. The third kappa shape index (κ3) is 6.17. The summed E-state index contributed by atoms with van der Waals surface area (Å²) < 4.78 is 10.9. The largest absolute Gasteiger partial charge is 0.490 e. The van der Waals surface area contributed by atoms with Gasteiger partial charge in [-0.15, -0.1) is 0 Å². The lowest BCUT2D eigenvalue weighted by Gasteiger charge is -2.12. The van der Waals surface area contributed by atoms with Gasteiger partial charge in [-0.2, -0.15) is 0 Å². The van der Waals surface area contributed by atoms with E-state index in [1.165, 1.54) is 0 Å². The number of nitrogens with one attached hydrogen (secondary N) is 2. The summed E-state index contributed by atoms with van der Waals surface area (Å²) in [6.45, 7) is 5.26. The maximum absolute atomic E-state index is 12.7. The van der Waals surface area contributed by atoms with Crippen molar-refractivity contribution in [2.24, 2.45) is 0 Å². The molecule has 6 heteroatoms. The lowest BCUT2D eigenvalue weighted by Crippen LogP contribution is -2.15. The first-order valence-corrected chi connectivity index (χ1v) is 10.2. The van der Waals surface area contributed by atoms with Crippen LogP contribution in [0.25, 0.3) is 0 Å². The molecule has 0 spiro atoms. The van der Waals surface area contributed by atoms with Crippen molar-refractivity contribution in [3.63, 3.8) is 0 Å². The summed E-state index contributed by atoms with van der Waals surface area (Å²) in [7, 11) is 0. The number of para-hydroxylation sites is 1. The number of carbonyl (C=O) groups excluding carboxylic acids is 2. The van der Waals surface area contributed by atoms with Gasteiger partial charge in [0, 0.05) is 23.5 Å². The van der Waals surface area contributed by atoms with Gasteiger partial charge in [0.1, 0.15) is 12.4 Å². The molecule has 0 radical (unpaired) electrons. The van der Waals surface area contributed by atoms with Crippen LogP contribution in [0, 0.1) is 6.92 Å². The summed E-state index contributed by atoms with van der Waals surface area (Å²) in [5.74, 6) is 0.0542. The van der Waals surface area contributed by atoms with E-state index < -0.39 is 0 Å². The number of ether oxygens (including phenoxy) is 2. The molecule has 31 heavy (non-hydrogen) atoms. The van der Waals surface area contributed by atoms with E-state index in [1.54, 1.807) is 48.5 Å². The van der Waals surface area contributed by atoms with Crippen LogP contribution in [0.4, 0.5) is 11.4 Å². The van der Waals surface area contributed by atoms with Crippen LogP contribution in [-0.2, 0) is 4.74 Å². The van der Waals surface area contributed by atoms with Crippen LogP contribution in [0.3, 0.4) is 0 Å². The topological polar surface area (TPSA) is 76.7 Å². The van der Waals surface area contributed by atoms with E-state index >= 15 is 0 Å². The Morgan fingerprint density at radius 1 is 0.742 bits per heavy atom. The average Bonchev–Trinajstić information content (AvgIpc) is 2.78. The van der Waals surface area contributed by atoms with E-state index in [2.05, 4.69) is 10.6 Å². The van der Waals surface area contributed by atoms with Crippen LogP contribution >= 0.6 is 0 Å². The van der Waals surface area contributed by atoms with Crippen molar-refractivity contribution >= 4 is 23.2 Å². The molecule has 3 rings (SSSR count). The molecule has 0 aromatic heterocycles. The third-order valence-corrected chi connectivity index (χ3v) is 4.61. The van der Waals surface area contributed by atoms with Gasteiger partial charge in [-0.1, -0.05) is 30.3 Å². The fraction of sp³-hybridized carbons (Fsp3) is 0.200. The number of hydrogen-bond donors (Lipinski definition) is 2. The van der Waals surface area contributed by atoms with Gasteiger partial charge in [0.2, 0.25) is 0 Å². The average molecular weight is 418 g/mol. The zero-order chi connectivity index (χ0) is 22.1. The summed E-state index contributed by atoms with van der Waals surface area (Å²) >= 11 is 0. The zero-order valence-corrected chi connectivity index (χ0v) is 17.7. The highest BCUT2D eigenvalue weighted by Gasteiger charge is 2.13. The van der Waals surface area contributed by atoms with Gasteiger partial charge in [0.15, 0.2) is 0 Å². The fourth-order valence-electron chi connectivity index (χ4n) is 3.00. The monoisotopic (exact) mass is 418 g/mol. The summed E-state index contributed by atoms with van der Waals surface area (Å²) in [6.07, 6.45) is 0. The van der Waals surface area contributed by atoms with Crippen LogP contribution in [0.2, 0.25) is 0 Å². The standard InChI is InChI=1S/C25H26N2O4/c1-3-30-16-17-31-23-11-7-6-10-22(23)25(29)27-20-14-12-19(13-15-20)26-24(28)21-9-5-4-8-18(21)2/h4-15H,3,16-17H2,1-2H3,(H,26,28)(H,27,29). The van der Waals surface area contributed by atoms with E-state index in [9.17, 15) is 9.59 Å². The van der Waals surface area contributed by atoms with E-state index in [0.29, 0.717) is 48.1 Å². The summed E-state index contributed by atoms with van der Waals surface area (Å²) in [5.41, 5.74) is 3.23. The van der Waals surface area contributed by atoms with Crippen molar-refractivity contribution in [1.29, 1.82) is 0 Å². The molecular weight excluding hydrogens is 392 g/mol. The highest BCUT2D eigenvalue weighted by molar-refractivity contribution is 6.07. The normalized spacial score (nSPS) is 10.4. The zero-order valence-electron chi connectivity index (χ0n) is 17.7. The molecule has 0 fully saturated rings. The molecule has 160 valence electrons. The molecule has 3 aromatic carbocycles. The molecule has 0 aliphatic heterocycles. The van der Waals surface area contributed by atoms with Crippen LogP contribution < -0.4 is 15.4 Å². The first-order valence-electron chi connectivity index (χ1n) is 10.2. The Labute approximate surface area is 182 Å². The van der Waals surface area contributed by atoms with Crippen molar-refractivity contribution in [2.75, 3.05) is 30.5 Å². The smallest absolute Gasteiger partial charge is 0.259 e. The number of hydrogen-bond acceptors (Lipinski definition) is 4.